The fourth-order valence-corrected chi connectivity index (χ4v) is 2.24. The van der Waals surface area contributed by atoms with E-state index in [0.29, 0.717) is 5.88 Å². The molecule has 0 aliphatic rings. The van der Waals surface area contributed by atoms with Gasteiger partial charge >= 0.3 is 0 Å². The first-order valence-corrected chi connectivity index (χ1v) is 7.22. The molecular weight excluding hydrogens is 274 g/mol. The topological polar surface area (TPSA) is 39.2 Å². The molecule has 0 amide bonds. The van der Waals surface area contributed by atoms with E-state index in [1.807, 2.05) is 18.2 Å². The summed E-state index contributed by atoms with van der Waals surface area (Å²) in [7, 11) is 1.58. The van der Waals surface area contributed by atoms with Gasteiger partial charge < -0.3 is 4.74 Å². The average molecular weight is 295 g/mol. The lowest BCUT2D eigenvalue weighted by Crippen LogP contribution is -2.10. The van der Waals surface area contributed by atoms with Crippen LogP contribution in [0.5, 0.6) is 5.88 Å². The van der Waals surface area contributed by atoms with Gasteiger partial charge in [-0.05, 0) is 34.3 Å². The molecule has 3 nitrogen and oxygen atoms in total. The Kier molecular flexibility index (Phi) is 4.76. The molecule has 0 aliphatic heterocycles. The van der Waals surface area contributed by atoms with Crippen molar-refractivity contribution in [3.05, 3.63) is 65.4 Å². The molecule has 0 N–H and O–H groups in total. The number of carbonyl (C=O) groups is 1. The Labute approximate surface area is 131 Å². The summed E-state index contributed by atoms with van der Waals surface area (Å²) in [6, 6.07) is 12.0. The van der Waals surface area contributed by atoms with E-state index in [4.69, 9.17) is 4.74 Å². The van der Waals surface area contributed by atoms with Crippen LogP contribution in [0.1, 0.15) is 37.5 Å². The second-order valence-electron chi connectivity index (χ2n) is 6.13. The van der Waals surface area contributed by atoms with Crippen molar-refractivity contribution in [3.63, 3.8) is 0 Å². The van der Waals surface area contributed by atoms with Gasteiger partial charge in [0.15, 0.2) is 0 Å². The van der Waals surface area contributed by atoms with Crippen LogP contribution in [0.4, 0.5) is 0 Å². The lowest BCUT2D eigenvalue weighted by atomic mass is 9.86. The molecule has 0 atom stereocenters. The van der Waals surface area contributed by atoms with Gasteiger partial charge in [-0.25, -0.2) is 4.98 Å². The highest BCUT2D eigenvalue weighted by atomic mass is 16.5. The molecule has 0 saturated carbocycles. The Bertz CT molecular complexity index is 662. The number of aromatic nitrogens is 1. The minimum Gasteiger partial charge on any atom is -0.481 e. The van der Waals surface area contributed by atoms with Crippen molar-refractivity contribution in [2.75, 3.05) is 7.11 Å². The minimum atomic E-state index is 0.106. The normalized spacial score (nSPS) is 12.1. The third-order valence-corrected chi connectivity index (χ3v) is 3.55. The summed E-state index contributed by atoms with van der Waals surface area (Å²) in [5.41, 5.74) is 4.10. The third kappa shape index (κ3) is 3.61. The van der Waals surface area contributed by atoms with E-state index in [-0.39, 0.29) is 5.41 Å². The third-order valence-electron chi connectivity index (χ3n) is 3.55. The van der Waals surface area contributed by atoms with E-state index in [2.05, 4.69) is 37.9 Å². The summed E-state index contributed by atoms with van der Waals surface area (Å²) >= 11 is 0. The standard InChI is InChI=1S/C19H21NO2/c1-19(2,3)16-8-5-14(6-9-16)17(11-12-21)15-7-10-18(22-4)20-13-15/h5-13H,1-4H3/b17-11-. The first-order chi connectivity index (χ1) is 10.5. The highest BCUT2D eigenvalue weighted by Gasteiger charge is 2.14. The molecule has 1 aromatic carbocycles. The van der Waals surface area contributed by atoms with Gasteiger partial charge in [-0.3, -0.25) is 4.79 Å². The molecule has 22 heavy (non-hydrogen) atoms. The average Bonchev–Trinajstić information content (AvgIpc) is 2.52. The van der Waals surface area contributed by atoms with Crippen LogP contribution in [-0.4, -0.2) is 18.4 Å². The van der Waals surface area contributed by atoms with Crippen LogP contribution >= 0.6 is 0 Å². The van der Waals surface area contributed by atoms with Gasteiger partial charge in [0.05, 0.1) is 7.11 Å². The summed E-state index contributed by atoms with van der Waals surface area (Å²) < 4.78 is 5.07. The number of hydrogen-bond donors (Lipinski definition) is 0. The molecule has 0 fully saturated rings. The highest BCUT2D eigenvalue weighted by Crippen LogP contribution is 2.27. The van der Waals surface area contributed by atoms with Crippen LogP contribution in [0.25, 0.3) is 5.57 Å². The van der Waals surface area contributed by atoms with Crippen LogP contribution in [0, 0.1) is 0 Å². The van der Waals surface area contributed by atoms with Gasteiger partial charge in [-0.2, -0.15) is 0 Å². The van der Waals surface area contributed by atoms with Crippen molar-refractivity contribution in [2.45, 2.75) is 26.2 Å². The molecular formula is C19H21NO2. The minimum absolute atomic E-state index is 0.106. The predicted octanol–water partition coefficient (Wildman–Crippen LogP) is 4.02. The number of rotatable bonds is 4. The van der Waals surface area contributed by atoms with Crippen LogP contribution < -0.4 is 4.74 Å². The van der Waals surface area contributed by atoms with Crippen molar-refractivity contribution in [1.82, 2.24) is 4.98 Å². The van der Waals surface area contributed by atoms with Gasteiger partial charge in [0.2, 0.25) is 5.88 Å². The first-order valence-electron chi connectivity index (χ1n) is 7.22. The molecule has 1 aromatic heterocycles. The van der Waals surface area contributed by atoms with E-state index < -0.39 is 0 Å². The maximum absolute atomic E-state index is 11.0. The Morgan fingerprint density at radius 3 is 2.14 bits per heavy atom. The number of carbonyl (C=O) groups excluding carboxylic acids is 1. The summed E-state index contributed by atoms with van der Waals surface area (Å²) in [6.45, 7) is 6.53. The summed E-state index contributed by atoms with van der Waals surface area (Å²) in [5, 5.41) is 0. The number of allylic oxidation sites excluding steroid dienone is 1. The number of nitrogens with zero attached hydrogens (tertiary/aromatic N) is 1. The van der Waals surface area contributed by atoms with E-state index >= 15 is 0 Å². The molecule has 1 heterocycles. The molecule has 114 valence electrons. The van der Waals surface area contributed by atoms with Crippen molar-refractivity contribution < 1.29 is 9.53 Å². The van der Waals surface area contributed by atoms with E-state index in [1.54, 1.807) is 25.4 Å². The molecule has 0 bridgehead atoms. The fraction of sp³-hybridized carbons (Fsp3) is 0.263. The Hall–Kier alpha value is -2.42. The van der Waals surface area contributed by atoms with Crippen LogP contribution in [0.15, 0.2) is 48.7 Å². The van der Waals surface area contributed by atoms with Crippen molar-refractivity contribution in [2.24, 2.45) is 0 Å². The summed E-state index contributed by atoms with van der Waals surface area (Å²) in [6.07, 6.45) is 4.08. The maximum Gasteiger partial charge on any atom is 0.212 e. The van der Waals surface area contributed by atoms with Crippen molar-refractivity contribution >= 4 is 11.9 Å². The second kappa shape index (κ2) is 6.56. The van der Waals surface area contributed by atoms with Gasteiger partial charge in [-0.1, -0.05) is 45.0 Å². The Morgan fingerprint density at radius 2 is 1.68 bits per heavy atom. The van der Waals surface area contributed by atoms with E-state index in [1.165, 1.54) is 5.56 Å². The number of aldehydes is 1. The maximum atomic E-state index is 11.0. The molecule has 0 aliphatic carbocycles. The molecule has 0 radical (unpaired) electrons. The van der Waals surface area contributed by atoms with Gasteiger partial charge in [0.25, 0.3) is 0 Å². The van der Waals surface area contributed by atoms with Gasteiger partial charge in [0, 0.05) is 17.8 Å². The zero-order chi connectivity index (χ0) is 16.2. The second-order valence-corrected chi connectivity index (χ2v) is 6.13. The number of pyridine rings is 1. The molecule has 0 unspecified atom stereocenters. The summed E-state index contributed by atoms with van der Waals surface area (Å²) in [4.78, 5) is 15.2. The van der Waals surface area contributed by atoms with Crippen molar-refractivity contribution in [3.8, 4) is 5.88 Å². The zero-order valence-corrected chi connectivity index (χ0v) is 13.5. The molecule has 0 spiro atoms. The Morgan fingerprint density at radius 1 is 1.05 bits per heavy atom. The molecule has 0 saturated heterocycles. The number of hydrogen-bond acceptors (Lipinski definition) is 3. The molecule has 3 heteroatoms. The quantitative estimate of drug-likeness (QED) is 0.632. The Balaban J connectivity index is 2.39. The van der Waals surface area contributed by atoms with Gasteiger partial charge in [0.1, 0.15) is 6.29 Å². The molecule has 2 aromatic rings. The summed E-state index contributed by atoms with van der Waals surface area (Å²) in [5.74, 6) is 0.553. The van der Waals surface area contributed by atoms with Crippen LogP contribution in [-0.2, 0) is 10.2 Å². The van der Waals surface area contributed by atoms with Crippen LogP contribution in [0.3, 0.4) is 0 Å². The zero-order valence-electron chi connectivity index (χ0n) is 13.5. The predicted molar refractivity (Wildman–Crippen MR) is 89.1 cm³/mol. The fourth-order valence-electron chi connectivity index (χ4n) is 2.24. The number of ether oxygens (including phenoxy) is 1. The lowest BCUT2D eigenvalue weighted by molar-refractivity contribution is -0.104. The molecule has 2 rings (SSSR count). The first kappa shape index (κ1) is 16.0. The number of benzene rings is 1. The van der Waals surface area contributed by atoms with Gasteiger partial charge in [-0.15, -0.1) is 0 Å². The van der Waals surface area contributed by atoms with E-state index in [0.717, 1.165) is 23.0 Å². The van der Waals surface area contributed by atoms with Crippen LogP contribution in [0.2, 0.25) is 0 Å². The smallest absolute Gasteiger partial charge is 0.212 e. The monoisotopic (exact) mass is 295 g/mol. The largest absolute Gasteiger partial charge is 0.481 e. The number of methoxy groups -OCH3 is 1. The van der Waals surface area contributed by atoms with Crippen molar-refractivity contribution in [1.29, 1.82) is 0 Å². The van der Waals surface area contributed by atoms with E-state index in [9.17, 15) is 4.79 Å². The SMILES string of the molecule is COc1ccc(/C(=C\C=O)c2ccc(C(C)(C)C)cc2)cn1. The highest BCUT2D eigenvalue weighted by molar-refractivity contribution is 5.89. The lowest BCUT2D eigenvalue weighted by Gasteiger charge is -2.19.